The molecule has 7 heteroatoms. The van der Waals surface area contributed by atoms with Gasteiger partial charge in [0.05, 0.1) is 18.7 Å². The first-order valence-electron chi connectivity index (χ1n) is 10.0. The van der Waals surface area contributed by atoms with Gasteiger partial charge in [-0.2, -0.15) is 0 Å². The lowest BCUT2D eigenvalue weighted by molar-refractivity contribution is -0.181. The van der Waals surface area contributed by atoms with Gasteiger partial charge in [-0.15, -0.1) is 0 Å². The van der Waals surface area contributed by atoms with E-state index in [1.54, 1.807) is 6.20 Å². The molecule has 0 aliphatic carbocycles. The highest BCUT2D eigenvalue weighted by molar-refractivity contribution is 6.06. The van der Waals surface area contributed by atoms with Gasteiger partial charge >= 0.3 is 0 Å². The van der Waals surface area contributed by atoms with Crippen molar-refractivity contribution in [3.05, 3.63) is 66.0 Å². The number of piperazine rings is 1. The number of benzene rings is 1. The number of pyridine rings is 1. The lowest BCUT2D eigenvalue weighted by atomic mass is 9.82. The Morgan fingerprint density at radius 1 is 1.03 bits per heavy atom. The number of aliphatic hydroxyl groups excluding tert-OH is 1. The van der Waals surface area contributed by atoms with Gasteiger partial charge in [-0.1, -0.05) is 36.4 Å². The number of carbonyl (C=O) groups is 2. The van der Waals surface area contributed by atoms with E-state index in [9.17, 15) is 14.7 Å². The van der Waals surface area contributed by atoms with E-state index in [0.717, 1.165) is 17.7 Å². The van der Waals surface area contributed by atoms with Crippen LogP contribution in [0.2, 0.25) is 0 Å². The molecular weight excluding hydrogens is 368 g/mol. The van der Waals surface area contributed by atoms with Crippen LogP contribution in [0.3, 0.4) is 0 Å². The van der Waals surface area contributed by atoms with Crippen molar-refractivity contribution >= 4 is 11.8 Å². The number of aliphatic hydroxyl groups is 1. The van der Waals surface area contributed by atoms with Crippen molar-refractivity contribution in [2.24, 2.45) is 0 Å². The van der Waals surface area contributed by atoms with Crippen LogP contribution in [0.15, 0.2) is 54.9 Å². The summed E-state index contributed by atoms with van der Waals surface area (Å²) in [5.41, 5.74) is 1.30. The lowest BCUT2D eigenvalue weighted by Crippen LogP contribution is -2.81. The molecule has 5 rings (SSSR count). The summed E-state index contributed by atoms with van der Waals surface area (Å²) in [4.78, 5) is 36.4. The normalized spacial score (nSPS) is 26.6. The maximum atomic E-state index is 13.5. The number of β-amino-alcohol motifs (C(OH)–C–C–N with tert-alkyl or cyclic N) is 1. The van der Waals surface area contributed by atoms with Gasteiger partial charge in [-0.3, -0.25) is 29.3 Å². The van der Waals surface area contributed by atoms with Gasteiger partial charge in [0, 0.05) is 38.6 Å². The third kappa shape index (κ3) is 3.06. The summed E-state index contributed by atoms with van der Waals surface area (Å²) in [5.74, 6) is -0.328. The zero-order chi connectivity index (χ0) is 20.0. The third-order valence-corrected chi connectivity index (χ3v) is 6.31. The number of carbonyl (C=O) groups excluding carboxylic acids is 2. The Balaban J connectivity index is 1.40. The van der Waals surface area contributed by atoms with E-state index in [1.165, 1.54) is 4.90 Å². The quantitative estimate of drug-likeness (QED) is 0.770. The van der Waals surface area contributed by atoms with Gasteiger partial charge in [-0.05, 0) is 23.6 Å². The number of amides is 2. The summed E-state index contributed by atoms with van der Waals surface area (Å²) in [7, 11) is 0. The van der Waals surface area contributed by atoms with Crippen molar-refractivity contribution in [2.75, 3.05) is 19.6 Å². The molecule has 0 bridgehead atoms. The molecule has 2 atom stereocenters. The van der Waals surface area contributed by atoms with E-state index in [2.05, 4.69) is 9.88 Å². The van der Waals surface area contributed by atoms with Gasteiger partial charge < -0.3 is 5.11 Å². The van der Waals surface area contributed by atoms with Crippen LogP contribution in [0.1, 0.15) is 17.5 Å². The Kier molecular flexibility index (Phi) is 4.46. The topological polar surface area (TPSA) is 77.0 Å². The maximum Gasteiger partial charge on any atom is 0.252 e. The zero-order valence-corrected chi connectivity index (χ0v) is 16.1. The fourth-order valence-electron chi connectivity index (χ4n) is 4.96. The molecule has 1 spiro atoms. The smallest absolute Gasteiger partial charge is 0.252 e. The molecule has 2 unspecified atom stereocenters. The molecule has 1 aromatic carbocycles. The van der Waals surface area contributed by atoms with Crippen LogP contribution in [0, 0.1) is 0 Å². The molecule has 1 aromatic heterocycles. The minimum absolute atomic E-state index is 0.140. The van der Waals surface area contributed by atoms with Gasteiger partial charge in [0.15, 0.2) is 0 Å². The highest BCUT2D eigenvalue weighted by Crippen LogP contribution is 2.41. The third-order valence-electron chi connectivity index (χ3n) is 6.31. The van der Waals surface area contributed by atoms with E-state index < -0.39 is 17.7 Å². The average Bonchev–Trinajstić information content (AvgIpc) is 3.10. The number of fused-ring (bicyclic) bond motifs is 2. The molecule has 0 saturated carbocycles. The Morgan fingerprint density at radius 2 is 1.79 bits per heavy atom. The van der Waals surface area contributed by atoms with Gasteiger partial charge in [0.25, 0.3) is 5.91 Å². The first kappa shape index (κ1) is 18.4. The van der Waals surface area contributed by atoms with E-state index in [0.29, 0.717) is 26.1 Å². The van der Waals surface area contributed by atoms with Crippen LogP contribution in [0.25, 0.3) is 0 Å². The Morgan fingerprint density at radius 3 is 2.52 bits per heavy atom. The van der Waals surface area contributed by atoms with Crippen molar-refractivity contribution < 1.29 is 14.7 Å². The standard InChI is InChI=1S/C22H24N4O3/c27-18-9-19-20(28)25(12-16-5-2-1-3-6-16)21(29)22(26(19)13-18)14-24(15-22)11-17-7-4-8-23-10-17/h1-8,10,18-19,27H,9,11-15H2. The fourth-order valence-corrected chi connectivity index (χ4v) is 4.96. The molecule has 3 aliphatic rings. The van der Waals surface area contributed by atoms with Gasteiger partial charge in [0.1, 0.15) is 5.54 Å². The second-order valence-electron chi connectivity index (χ2n) is 8.31. The van der Waals surface area contributed by atoms with Crippen molar-refractivity contribution in [3.8, 4) is 0 Å². The van der Waals surface area contributed by atoms with Crippen LogP contribution >= 0.6 is 0 Å². The predicted molar refractivity (Wildman–Crippen MR) is 105 cm³/mol. The van der Waals surface area contributed by atoms with Crippen LogP contribution < -0.4 is 0 Å². The van der Waals surface area contributed by atoms with Crippen LogP contribution in [-0.2, 0) is 22.7 Å². The van der Waals surface area contributed by atoms with E-state index in [-0.39, 0.29) is 18.4 Å². The molecule has 1 N–H and O–H groups in total. The van der Waals surface area contributed by atoms with Crippen molar-refractivity contribution in [3.63, 3.8) is 0 Å². The van der Waals surface area contributed by atoms with Crippen LogP contribution in [0.4, 0.5) is 0 Å². The minimum atomic E-state index is -0.729. The predicted octanol–water partition coefficient (Wildman–Crippen LogP) is 0.640. The molecule has 4 heterocycles. The van der Waals surface area contributed by atoms with Crippen LogP contribution in [-0.4, -0.2) is 73.9 Å². The second-order valence-corrected chi connectivity index (χ2v) is 8.31. The molecule has 2 amide bonds. The monoisotopic (exact) mass is 392 g/mol. The molecule has 29 heavy (non-hydrogen) atoms. The Bertz CT molecular complexity index is 914. The van der Waals surface area contributed by atoms with Crippen molar-refractivity contribution in [2.45, 2.75) is 37.2 Å². The summed E-state index contributed by atoms with van der Waals surface area (Å²) in [6.07, 6.45) is 3.40. The van der Waals surface area contributed by atoms with Crippen LogP contribution in [0.5, 0.6) is 0 Å². The molecule has 3 fully saturated rings. The minimum Gasteiger partial charge on any atom is -0.392 e. The van der Waals surface area contributed by atoms with Crippen molar-refractivity contribution in [1.29, 1.82) is 0 Å². The summed E-state index contributed by atoms with van der Waals surface area (Å²) < 4.78 is 0. The number of rotatable bonds is 4. The maximum absolute atomic E-state index is 13.5. The number of hydrogen-bond donors (Lipinski definition) is 1. The lowest BCUT2D eigenvalue weighted by Gasteiger charge is -2.58. The first-order chi connectivity index (χ1) is 14.1. The highest BCUT2D eigenvalue weighted by Gasteiger charge is 2.64. The van der Waals surface area contributed by atoms with Gasteiger partial charge in [0.2, 0.25) is 5.91 Å². The summed E-state index contributed by atoms with van der Waals surface area (Å²) in [6, 6.07) is 13.1. The Hall–Kier alpha value is -2.61. The fraction of sp³-hybridized carbons (Fsp3) is 0.409. The molecule has 7 nitrogen and oxygen atoms in total. The zero-order valence-electron chi connectivity index (χ0n) is 16.1. The van der Waals surface area contributed by atoms with Crippen molar-refractivity contribution in [1.82, 2.24) is 19.7 Å². The molecule has 3 aliphatic heterocycles. The number of imide groups is 1. The number of nitrogens with zero attached hydrogens (tertiary/aromatic N) is 4. The molecular formula is C22H24N4O3. The largest absolute Gasteiger partial charge is 0.392 e. The van der Waals surface area contributed by atoms with E-state index in [4.69, 9.17) is 0 Å². The number of likely N-dealkylation sites (tertiary alicyclic amines) is 1. The summed E-state index contributed by atoms with van der Waals surface area (Å²) in [5, 5.41) is 10.2. The first-order valence-corrected chi connectivity index (χ1v) is 10.0. The SMILES string of the molecule is O=C1C2CC(O)CN2C2(CN(Cc3cccnc3)C2)C(=O)N1Cc1ccccc1. The number of aromatic nitrogens is 1. The number of hydrogen-bond acceptors (Lipinski definition) is 6. The molecule has 2 aromatic rings. The van der Waals surface area contributed by atoms with E-state index >= 15 is 0 Å². The summed E-state index contributed by atoms with van der Waals surface area (Å²) >= 11 is 0. The molecule has 3 saturated heterocycles. The molecule has 0 radical (unpaired) electrons. The Labute approximate surface area is 169 Å². The molecule has 150 valence electrons. The summed E-state index contributed by atoms with van der Waals surface area (Å²) in [6.45, 7) is 2.49. The average molecular weight is 392 g/mol. The van der Waals surface area contributed by atoms with E-state index in [1.807, 2.05) is 53.6 Å². The second kappa shape index (κ2) is 7.02. The highest BCUT2D eigenvalue weighted by atomic mass is 16.3. The van der Waals surface area contributed by atoms with Gasteiger partial charge in [-0.25, -0.2) is 0 Å².